The Kier molecular flexibility index (Phi) is 5.86. The van der Waals surface area contributed by atoms with Crippen LogP contribution in [0, 0.1) is 20.8 Å². The van der Waals surface area contributed by atoms with Gasteiger partial charge in [0.1, 0.15) is 24.6 Å². The summed E-state index contributed by atoms with van der Waals surface area (Å²) in [6, 6.07) is 3.36. The van der Waals surface area contributed by atoms with E-state index in [-0.39, 0.29) is 11.3 Å². The fourth-order valence-electron chi connectivity index (χ4n) is 3.10. The van der Waals surface area contributed by atoms with Crippen LogP contribution in [0.25, 0.3) is 22.4 Å². The molecule has 0 saturated carbocycles. The molecule has 0 aliphatic heterocycles. The second kappa shape index (κ2) is 8.36. The number of amides is 1. The number of hydrogen-bond acceptors (Lipinski definition) is 9. The van der Waals surface area contributed by atoms with Gasteiger partial charge in [0.25, 0.3) is 11.6 Å². The van der Waals surface area contributed by atoms with Gasteiger partial charge in [-0.1, -0.05) is 5.16 Å². The number of nitrogens with zero attached hydrogens (tertiary/aromatic N) is 3. The van der Waals surface area contributed by atoms with Gasteiger partial charge in [-0.3, -0.25) is 14.4 Å². The highest BCUT2D eigenvalue weighted by Crippen LogP contribution is 2.31. The van der Waals surface area contributed by atoms with Crippen LogP contribution in [0.15, 0.2) is 21.1 Å². The number of pyridine rings is 1. The van der Waals surface area contributed by atoms with E-state index in [1.54, 1.807) is 32.9 Å². The van der Waals surface area contributed by atoms with Crippen LogP contribution in [-0.4, -0.2) is 60.2 Å². The standard InChI is InChI=1S/C20H21N3O7/c1-10-6-13(12(3)29-10)15-7-14(18-11(2)22-30-19(18)21-15)20(26)23(8-16(24)27-4)9-17(25)28-5/h6-7H,8-9H2,1-5H3. The van der Waals surface area contributed by atoms with Crippen molar-refractivity contribution >= 4 is 28.9 Å². The van der Waals surface area contributed by atoms with Crippen LogP contribution in [-0.2, 0) is 19.1 Å². The summed E-state index contributed by atoms with van der Waals surface area (Å²) in [6.07, 6.45) is 0. The summed E-state index contributed by atoms with van der Waals surface area (Å²) in [5.74, 6) is -0.648. The van der Waals surface area contributed by atoms with Crippen LogP contribution in [0.2, 0.25) is 0 Å². The summed E-state index contributed by atoms with van der Waals surface area (Å²) in [5, 5.41) is 4.29. The Bertz CT molecular complexity index is 1110. The van der Waals surface area contributed by atoms with Crippen molar-refractivity contribution < 1.29 is 32.8 Å². The van der Waals surface area contributed by atoms with E-state index in [9.17, 15) is 14.4 Å². The number of carbonyl (C=O) groups excluding carboxylic acids is 3. The Labute approximate surface area is 171 Å². The van der Waals surface area contributed by atoms with Crippen LogP contribution in [0.3, 0.4) is 0 Å². The molecule has 10 heteroatoms. The molecule has 3 aromatic heterocycles. The van der Waals surface area contributed by atoms with Crippen molar-refractivity contribution in [2.24, 2.45) is 0 Å². The third kappa shape index (κ3) is 4.02. The molecule has 10 nitrogen and oxygen atoms in total. The zero-order chi connectivity index (χ0) is 22.0. The van der Waals surface area contributed by atoms with Crippen molar-refractivity contribution in [1.29, 1.82) is 0 Å². The molecule has 0 unspecified atom stereocenters. The molecule has 0 radical (unpaired) electrons. The summed E-state index contributed by atoms with van der Waals surface area (Å²) in [7, 11) is 2.39. The minimum atomic E-state index is -0.680. The average molecular weight is 415 g/mol. The van der Waals surface area contributed by atoms with Crippen molar-refractivity contribution in [2.75, 3.05) is 27.3 Å². The summed E-state index contributed by atoms with van der Waals surface area (Å²) in [5.41, 5.74) is 1.91. The number of methoxy groups -OCH3 is 2. The maximum atomic E-state index is 13.4. The number of hydrogen-bond donors (Lipinski definition) is 0. The summed E-state index contributed by atoms with van der Waals surface area (Å²) in [6.45, 7) is 4.38. The normalized spacial score (nSPS) is 10.8. The predicted octanol–water partition coefficient (Wildman–Crippen LogP) is 2.20. The summed E-state index contributed by atoms with van der Waals surface area (Å²) in [4.78, 5) is 42.5. The van der Waals surface area contributed by atoms with Crippen molar-refractivity contribution in [3.05, 3.63) is 34.9 Å². The van der Waals surface area contributed by atoms with Gasteiger partial charge in [-0.05, 0) is 32.9 Å². The molecular formula is C20H21N3O7. The molecule has 0 aromatic carbocycles. The molecule has 3 aromatic rings. The molecule has 0 fully saturated rings. The fourth-order valence-corrected chi connectivity index (χ4v) is 3.10. The minimum absolute atomic E-state index is 0.155. The predicted molar refractivity (Wildman–Crippen MR) is 104 cm³/mol. The second-order valence-electron chi connectivity index (χ2n) is 6.64. The smallest absolute Gasteiger partial charge is 0.325 e. The molecule has 0 aliphatic carbocycles. The quantitative estimate of drug-likeness (QED) is 0.557. The Morgan fingerprint density at radius 3 is 2.20 bits per heavy atom. The van der Waals surface area contributed by atoms with Crippen LogP contribution in [0.4, 0.5) is 0 Å². The number of rotatable bonds is 6. The zero-order valence-corrected chi connectivity index (χ0v) is 17.3. The number of fused-ring (bicyclic) bond motifs is 1. The molecule has 3 rings (SSSR count). The maximum absolute atomic E-state index is 13.4. The first kappa shape index (κ1) is 21.0. The van der Waals surface area contributed by atoms with Gasteiger partial charge < -0.3 is 23.3 Å². The van der Waals surface area contributed by atoms with Crippen LogP contribution >= 0.6 is 0 Å². The third-order valence-electron chi connectivity index (χ3n) is 4.55. The lowest BCUT2D eigenvalue weighted by atomic mass is 10.0. The topological polar surface area (TPSA) is 125 Å². The van der Waals surface area contributed by atoms with E-state index in [2.05, 4.69) is 19.6 Å². The summed E-state index contributed by atoms with van der Waals surface area (Å²) >= 11 is 0. The Balaban J connectivity index is 2.14. The zero-order valence-electron chi connectivity index (χ0n) is 17.3. The van der Waals surface area contributed by atoms with Crippen LogP contribution < -0.4 is 0 Å². The van der Waals surface area contributed by atoms with Crippen molar-refractivity contribution in [3.8, 4) is 11.3 Å². The van der Waals surface area contributed by atoms with Gasteiger partial charge in [0.15, 0.2) is 0 Å². The highest BCUT2D eigenvalue weighted by Gasteiger charge is 2.27. The second-order valence-corrected chi connectivity index (χ2v) is 6.64. The minimum Gasteiger partial charge on any atom is -0.468 e. The van der Waals surface area contributed by atoms with Gasteiger partial charge in [0.2, 0.25) is 0 Å². The van der Waals surface area contributed by atoms with Gasteiger partial charge in [-0.15, -0.1) is 0 Å². The molecule has 0 bridgehead atoms. The van der Waals surface area contributed by atoms with E-state index >= 15 is 0 Å². The third-order valence-corrected chi connectivity index (χ3v) is 4.55. The lowest BCUT2D eigenvalue weighted by Gasteiger charge is -2.20. The number of esters is 2. The first-order valence-electron chi connectivity index (χ1n) is 9.02. The highest BCUT2D eigenvalue weighted by atomic mass is 16.5. The number of ether oxygens (including phenoxy) is 2. The fraction of sp³-hybridized carbons (Fsp3) is 0.350. The molecule has 3 heterocycles. The van der Waals surface area contributed by atoms with Gasteiger partial charge in [0.05, 0.1) is 36.6 Å². The van der Waals surface area contributed by atoms with E-state index in [1.807, 2.05) is 0 Å². The largest absolute Gasteiger partial charge is 0.468 e. The van der Waals surface area contributed by atoms with Gasteiger partial charge >= 0.3 is 11.9 Å². The molecule has 30 heavy (non-hydrogen) atoms. The van der Waals surface area contributed by atoms with Gasteiger partial charge in [-0.25, -0.2) is 4.98 Å². The number of furan rings is 1. The van der Waals surface area contributed by atoms with Crippen molar-refractivity contribution in [1.82, 2.24) is 15.0 Å². The van der Waals surface area contributed by atoms with Gasteiger partial charge in [0, 0.05) is 5.56 Å². The molecule has 0 N–H and O–H groups in total. The molecule has 0 atom stereocenters. The first-order valence-corrected chi connectivity index (χ1v) is 9.02. The Morgan fingerprint density at radius 2 is 1.67 bits per heavy atom. The van der Waals surface area contributed by atoms with E-state index in [1.165, 1.54) is 14.2 Å². The van der Waals surface area contributed by atoms with E-state index in [0.29, 0.717) is 33.9 Å². The molecule has 158 valence electrons. The molecule has 1 amide bonds. The SMILES string of the molecule is COC(=O)CN(CC(=O)OC)C(=O)c1cc(-c2cc(C)oc2C)nc2onc(C)c12. The average Bonchev–Trinajstić information content (AvgIpc) is 3.27. The molecule has 0 spiro atoms. The van der Waals surface area contributed by atoms with Crippen molar-refractivity contribution in [2.45, 2.75) is 20.8 Å². The molecule has 0 saturated heterocycles. The van der Waals surface area contributed by atoms with Crippen molar-refractivity contribution in [3.63, 3.8) is 0 Å². The lowest BCUT2D eigenvalue weighted by molar-refractivity contribution is -0.144. The number of aromatic nitrogens is 2. The van der Waals surface area contributed by atoms with Gasteiger partial charge in [-0.2, -0.15) is 0 Å². The first-order chi connectivity index (χ1) is 14.2. The molecular weight excluding hydrogens is 394 g/mol. The number of carbonyl (C=O) groups is 3. The summed E-state index contributed by atoms with van der Waals surface area (Å²) < 4.78 is 20.1. The Hall–Kier alpha value is -3.69. The Morgan fingerprint density at radius 1 is 1.03 bits per heavy atom. The highest BCUT2D eigenvalue weighted by molar-refractivity contribution is 6.08. The van der Waals surface area contributed by atoms with Crippen LogP contribution in [0.5, 0.6) is 0 Å². The lowest BCUT2D eigenvalue weighted by Crippen LogP contribution is -2.40. The van der Waals surface area contributed by atoms with Crippen LogP contribution in [0.1, 0.15) is 27.6 Å². The van der Waals surface area contributed by atoms with E-state index < -0.39 is 30.9 Å². The maximum Gasteiger partial charge on any atom is 0.325 e. The van der Waals surface area contributed by atoms with E-state index in [4.69, 9.17) is 8.94 Å². The number of aryl methyl sites for hydroxylation is 3. The molecule has 0 aliphatic rings. The van der Waals surface area contributed by atoms with E-state index in [0.717, 1.165) is 4.90 Å². The monoisotopic (exact) mass is 415 g/mol.